The molecule has 0 radical (unpaired) electrons. The summed E-state index contributed by atoms with van der Waals surface area (Å²) in [7, 11) is 0. The van der Waals surface area contributed by atoms with E-state index < -0.39 is 0 Å². The van der Waals surface area contributed by atoms with E-state index in [1.165, 1.54) is 0 Å². The Bertz CT molecular complexity index is 1180. The number of halogens is 1. The molecule has 0 saturated heterocycles. The quantitative estimate of drug-likeness (QED) is 0.471. The smallest absolute Gasteiger partial charge is 0.251 e. The number of nitrogens with zero attached hydrogens (tertiary/aromatic N) is 1. The van der Waals surface area contributed by atoms with Gasteiger partial charge in [-0.15, -0.1) is 0 Å². The van der Waals surface area contributed by atoms with Gasteiger partial charge in [-0.05, 0) is 53.4 Å². The monoisotopic (exact) mass is 421 g/mol. The van der Waals surface area contributed by atoms with Gasteiger partial charge in [-0.25, -0.2) is 0 Å². The zero-order valence-corrected chi connectivity index (χ0v) is 16.9. The van der Waals surface area contributed by atoms with Crippen molar-refractivity contribution < 1.29 is 14.0 Å². The Labute approximate surface area is 178 Å². The zero-order valence-electron chi connectivity index (χ0n) is 16.1. The first-order chi connectivity index (χ1) is 14.6. The fourth-order valence-electron chi connectivity index (χ4n) is 3.21. The van der Waals surface area contributed by atoms with Gasteiger partial charge in [-0.3, -0.25) is 9.59 Å². The number of nitrogens with one attached hydrogen (secondary N) is 2. The van der Waals surface area contributed by atoms with Crippen LogP contribution in [0.2, 0.25) is 5.02 Å². The van der Waals surface area contributed by atoms with Gasteiger partial charge in [0.2, 0.25) is 5.91 Å². The van der Waals surface area contributed by atoms with Crippen molar-refractivity contribution >= 4 is 34.3 Å². The minimum absolute atomic E-state index is 0.125. The van der Waals surface area contributed by atoms with Crippen molar-refractivity contribution in [3.05, 3.63) is 95.0 Å². The molecule has 0 fully saturated rings. The average molecular weight is 422 g/mol. The van der Waals surface area contributed by atoms with E-state index in [0.717, 1.165) is 16.5 Å². The molecular weight excluding hydrogens is 402 g/mol. The van der Waals surface area contributed by atoms with E-state index in [1.54, 1.807) is 36.6 Å². The third-order valence-corrected chi connectivity index (χ3v) is 4.97. The molecule has 6 nitrogen and oxygen atoms in total. The SMILES string of the molecule is O=C(Cn1ccc2ccc(Cl)cc21)NCc1cccc(C(=O)NCc2ccco2)c1. The molecule has 2 aromatic carbocycles. The van der Waals surface area contributed by atoms with Crippen molar-refractivity contribution in [1.29, 1.82) is 0 Å². The number of fused-ring (bicyclic) bond motifs is 1. The molecule has 0 bridgehead atoms. The highest BCUT2D eigenvalue weighted by Gasteiger charge is 2.09. The molecule has 0 aliphatic carbocycles. The first-order valence-electron chi connectivity index (χ1n) is 9.49. The Morgan fingerprint density at radius 2 is 1.87 bits per heavy atom. The van der Waals surface area contributed by atoms with Crippen molar-refractivity contribution in [2.45, 2.75) is 19.6 Å². The lowest BCUT2D eigenvalue weighted by atomic mass is 10.1. The Kier molecular flexibility index (Phi) is 5.86. The highest BCUT2D eigenvalue weighted by molar-refractivity contribution is 6.31. The maximum absolute atomic E-state index is 12.4. The Hall–Kier alpha value is -3.51. The second-order valence-electron chi connectivity index (χ2n) is 6.89. The van der Waals surface area contributed by atoms with Crippen LogP contribution in [-0.4, -0.2) is 16.4 Å². The largest absolute Gasteiger partial charge is 0.467 e. The van der Waals surface area contributed by atoms with Gasteiger partial charge in [0.05, 0.1) is 12.8 Å². The highest BCUT2D eigenvalue weighted by atomic mass is 35.5. The fourth-order valence-corrected chi connectivity index (χ4v) is 3.38. The Morgan fingerprint density at radius 1 is 0.967 bits per heavy atom. The van der Waals surface area contributed by atoms with Crippen LogP contribution in [0, 0.1) is 0 Å². The van der Waals surface area contributed by atoms with Crippen LogP contribution < -0.4 is 10.6 Å². The van der Waals surface area contributed by atoms with Gasteiger partial charge in [0.1, 0.15) is 12.3 Å². The van der Waals surface area contributed by atoms with Gasteiger partial charge >= 0.3 is 0 Å². The van der Waals surface area contributed by atoms with Crippen LogP contribution in [0.15, 0.2) is 77.5 Å². The Balaban J connectivity index is 1.34. The van der Waals surface area contributed by atoms with E-state index in [1.807, 2.05) is 41.1 Å². The molecule has 152 valence electrons. The van der Waals surface area contributed by atoms with Crippen LogP contribution >= 0.6 is 11.6 Å². The van der Waals surface area contributed by atoms with E-state index in [4.69, 9.17) is 16.0 Å². The van der Waals surface area contributed by atoms with Crippen LogP contribution in [0.25, 0.3) is 10.9 Å². The van der Waals surface area contributed by atoms with E-state index in [9.17, 15) is 9.59 Å². The summed E-state index contributed by atoms with van der Waals surface area (Å²) in [6.07, 6.45) is 3.43. The molecule has 4 rings (SSSR count). The summed E-state index contributed by atoms with van der Waals surface area (Å²) in [6.45, 7) is 0.840. The molecule has 0 aliphatic rings. The summed E-state index contributed by atoms with van der Waals surface area (Å²) in [6, 6.07) is 18.3. The maximum Gasteiger partial charge on any atom is 0.251 e. The fraction of sp³-hybridized carbons (Fsp3) is 0.130. The number of hydrogen-bond donors (Lipinski definition) is 2. The number of aromatic nitrogens is 1. The highest BCUT2D eigenvalue weighted by Crippen LogP contribution is 2.20. The standard InChI is InChI=1S/C23H20ClN3O3/c24-19-7-6-17-8-9-27(21(17)12-19)15-22(28)25-13-16-3-1-4-18(11-16)23(29)26-14-20-5-2-10-30-20/h1-12H,13-15H2,(H,25,28)(H,26,29). The van der Waals surface area contributed by atoms with Gasteiger partial charge in [-0.2, -0.15) is 0 Å². The zero-order chi connectivity index (χ0) is 20.9. The summed E-state index contributed by atoms with van der Waals surface area (Å²) in [5.41, 5.74) is 2.28. The first-order valence-corrected chi connectivity index (χ1v) is 9.87. The van der Waals surface area contributed by atoms with Gasteiger partial charge in [0.15, 0.2) is 0 Å². The van der Waals surface area contributed by atoms with Crippen molar-refractivity contribution in [2.24, 2.45) is 0 Å². The number of carbonyl (C=O) groups excluding carboxylic acids is 2. The molecule has 2 heterocycles. The summed E-state index contributed by atoms with van der Waals surface area (Å²) in [4.78, 5) is 24.7. The molecular formula is C23H20ClN3O3. The number of benzene rings is 2. The second-order valence-corrected chi connectivity index (χ2v) is 7.32. The van der Waals surface area contributed by atoms with Crippen LogP contribution in [-0.2, 0) is 24.4 Å². The third kappa shape index (κ3) is 4.72. The normalized spacial score (nSPS) is 10.8. The minimum Gasteiger partial charge on any atom is -0.467 e. The van der Waals surface area contributed by atoms with E-state index >= 15 is 0 Å². The molecule has 2 amide bonds. The number of carbonyl (C=O) groups is 2. The maximum atomic E-state index is 12.4. The number of amides is 2. The lowest BCUT2D eigenvalue weighted by Gasteiger charge is -2.09. The van der Waals surface area contributed by atoms with Gasteiger partial charge in [0, 0.05) is 28.8 Å². The van der Waals surface area contributed by atoms with Crippen molar-refractivity contribution in [3.8, 4) is 0 Å². The topological polar surface area (TPSA) is 76.3 Å². The Morgan fingerprint density at radius 3 is 2.70 bits per heavy atom. The third-order valence-electron chi connectivity index (χ3n) is 4.73. The first kappa shape index (κ1) is 19.8. The molecule has 30 heavy (non-hydrogen) atoms. The molecule has 0 atom stereocenters. The molecule has 0 aliphatic heterocycles. The molecule has 4 aromatic rings. The number of furan rings is 1. The second kappa shape index (κ2) is 8.88. The van der Waals surface area contributed by atoms with Gasteiger partial charge in [-0.1, -0.05) is 29.8 Å². The van der Waals surface area contributed by atoms with Crippen LogP contribution in [0.3, 0.4) is 0 Å². The predicted molar refractivity (Wildman–Crippen MR) is 115 cm³/mol. The molecule has 2 aromatic heterocycles. The van der Waals surface area contributed by atoms with E-state index in [2.05, 4.69) is 10.6 Å². The number of hydrogen-bond acceptors (Lipinski definition) is 3. The van der Waals surface area contributed by atoms with Crippen molar-refractivity contribution in [2.75, 3.05) is 0 Å². The van der Waals surface area contributed by atoms with Crippen LogP contribution in [0.1, 0.15) is 21.7 Å². The molecule has 0 unspecified atom stereocenters. The molecule has 2 N–H and O–H groups in total. The van der Waals surface area contributed by atoms with Crippen LogP contribution in [0.5, 0.6) is 0 Å². The summed E-state index contributed by atoms with van der Waals surface area (Å²) < 4.78 is 7.07. The number of rotatable bonds is 7. The van der Waals surface area contributed by atoms with E-state index in [0.29, 0.717) is 29.4 Å². The van der Waals surface area contributed by atoms with Gasteiger partial charge in [0.25, 0.3) is 5.91 Å². The molecule has 7 heteroatoms. The van der Waals surface area contributed by atoms with Gasteiger partial charge < -0.3 is 19.6 Å². The van der Waals surface area contributed by atoms with E-state index in [-0.39, 0.29) is 18.4 Å². The predicted octanol–water partition coefficient (Wildman–Crippen LogP) is 4.13. The molecule has 0 spiro atoms. The lowest BCUT2D eigenvalue weighted by molar-refractivity contribution is -0.121. The van der Waals surface area contributed by atoms with Crippen LogP contribution in [0.4, 0.5) is 0 Å². The van der Waals surface area contributed by atoms with Crippen molar-refractivity contribution in [3.63, 3.8) is 0 Å². The summed E-state index contributed by atoms with van der Waals surface area (Å²) in [5.74, 6) is 0.362. The van der Waals surface area contributed by atoms with Crippen molar-refractivity contribution in [1.82, 2.24) is 15.2 Å². The molecule has 0 saturated carbocycles. The minimum atomic E-state index is -0.199. The lowest BCUT2D eigenvalue weighted by Crippen LogP contribution is -2.27. The summed E-state index contributed by atoms with van der Waals surface area (Å²) >= 11 is 6.07. The average Bonchev–Trinajstić information content (AvgIpc) is 3.41. The summed E-state index contributed by atoms with van der Waals surface area (Å²) in [5, 5.41) is 7.37.